The first-order chi connectivity index (χ1) is 5.93. The van der Waals surface area contributed by atoms with Gasteiger partial charge in [-0.3, -0.25) is 0 Å². The number of nitrogens with zero attached hydrogens (tertiary/aromatic N) is 1. The zero-order chi connectivity index (χ0) is 10.4. The fourth-order valence-electron chi connectivity index (χ4n) is 0.670. The Labute approximate surface area is 131 Å². The molecule has 0 radical (unpaired) electrons. The van der Waals surface area contributed by atoms with E-state index in [0.29, 0.717) is 0 Å². The number of aliphatic carboxylic acids is 2. The van der Waals surface area contributed by atoms with E-state index in [-0.39, 0.29) is 65.5 Å². The molecule has 1 unspecified atom stereocenters. The molecule has 0 aromatic carbocycles. The number of rotatable bonds is 5. The molecule has 0 bridgehead atoms. The van der Waals surface area contributed by atoms with Gasteiger partial charge in [0.2, 0.25) is 0 Å². The van der Waals surface area contributed by atoms with Gasteiger partial charge in [0.1, 0.15) is 0 Å². The quantitative estimate of drug-likeness (QED) is 0.274. The second-order valence-corrected chi connectivity index (χ2v) is 2.30. The number of carboxylic acids is 2. The number of aliphatic imine (C=N–C) groups is 1. The van der Waals surface area contributed by atoms with Gasteiger partial charge in [-0.2, -0.15) is 0 Å². The maximum Gasteiger partial charge on any atom is 1.00 e. The molecule has 0 aliphatic carbocycles. The van der Waals surface area contributed by atoms with Crippen molar-refractivity contribution in [1.82, 2.24) is 0 Å². The van der Waals surface area contributed by atoms with Crippen LogP contribution in [-0.2, 0) is 9.59 Å². The van der Waals surface area contributed by atoms with Crippen molar-refractivity contribution in [1.29, 1.82) is 0 Å². The summed E-state index contributed by atoms with van der Waals surface area (Å²) < 4.78 is 0. The van der Waals surface area contributed by atoms with E-state index in [0.717, 1.165) is 0 Å². The maximum atomic E-state index is 10.3. The number of guanidine groups is 1. The third-order valence-corrected chi connectivity index (χ3v) is 1.20. The first kappa shape index (κ1) is 20.6. The van der Waals surface area contributed by atoms with Crippen molar-refractivity contribution >= 4 is 17.9 Å². The number of carbonyl (C=O) groups excluding carboxylic acids is 2. The minimum absolute atomic E-state index is 0. The van der Waals surface area contributed by atoms with Crippen LogP contribution in [0.1, 0.15) is 12.8 Å². The van der Waals surface area contributed by atoms with E-state index < -0.39 is 30.4 Å². The Morgan fingerprint density at radius 3 is 1.93 bits per heavy atom. The van der Waals surface area contributed by atoms with Crippen LogP contribution in [0.2, 0.25) is 0 Å². The van der Waals surface area contributed by atoms with Crippen molar-refractivity contribution in [3.63, 3.8) is 0 Å². The molecule has 0 aliphatic rings. The van der Waals surface area contributed by atoms with Crippen LogP contribution >= 0.6 is 0 Å². The van der Waals surface area contributed by atoms with Gasteiger partial charge in [0.05, 0.1) is 12.0 Å². The topological polar surface area (TPSA) is 145 Å². The van der Waals surface area contributed by atoms with Crippen molar-refractivity contribution in [2.45, 2.75) is 18.9 Å². The second kappa shape index (κ2) is 10.7. The van der Waals surface area contributed by atoms with Gasteiger partial charge in [0, 0.05) is 5.97 Å². The minimum atomic E-state index is -1.52. The number of nitrogens with two attached hydrogens (primary N) is 2. The molecule has 4 N–H and O–H groups in total. The molecule has 15 heavy (non-hydrogen) atoms. The minimum Gasteiger partial charge on any atom is -0.550 e. The van der Waals surface area contributed by atoms with E-state index in [4.69, 9.17) is 11.5 Å². The fraction of sp³-hybridized carbons (Fsp3) is 0.500. The SMILES string of the molecule is NC(N)=NC(CCC(=O)[O-])C(=O)[O-].[Na+].[Na+]. The Morgan fingerprint density at radius 1 is 1.20 bits per heavy atom. The largest absolute Gasteiger partial charge is 1.00 e. The van der Waals surface area contributed by atoms with Crippen molar-refractivity contribution in [3.05, 3.63) is 0 Å². The van der Waals surface area contributed by atoms with Crippen molar-refractivity contribution in [2.24, 2.45) is 16.5 Å². The molecule has 1 atom stereocenters. The van der Waals surface area contributed by atoms with Gasteiger partial charge >= 0.3 is 59.1 Å². The van der Waals surface area contributed by atoms with Crippen molar-refractivity contribution in [2.75, 3.05) is 0 Å². The normalized spacial score (nSPS) is 10.1. The number of carbonyl (C=O) groups is 2. The molecule has 0 rings (SSSR count). The molecule has 0 spiro atoms. The molecule has 0 aromatic heterocycles. The molecule has 74 valence electrons. The van der Waals surface area contributed by atoms with Gasteiger partial charge in [0.25, 0.3) is 0 Å². The second-order valence-electron chi connectivity index (χ2n) is 2.30. The van der Waals surface area contributed by atoms with Crippen LogP contribution in [0.15, 0.2) is 4.99 Å². The summed E-state index contributed by atoms with van der Waals surface area (Å²) in [6, 6.07) is -1.33. The van der Waals surface area contributed by atoms with Gasteiger partial charge in [0.15, 0.2) is 5.96 Å². The molecule has 0 aromatic rings. The summed E-state index contributed by atoms with van der Waals surface area (Å²) >= 11 is 0. The van der Waals surface area contributed by atoms with Crippen LogP contribution in [0.5, 0.6) is 0 Å². The van der Waals surface area contributed by atoms with E-state index in [1.54, 1.807) is 0 Å². The van der Waals surface area contributed by atoms with Crippen LogP contribution in [0.4, 0.5) is 0 Å². The molecule has 9 heteroatoms. The smallest absolute Gasteiger partial charge is 0.550 e. The van der Waals surface area contributed by atoms with Crippen LogP contribution in [-0.4, -0.2) is 23.9 Å². The molecular weight excluding hydrogens is 224 g/mol. The van der Waals surface area contributed by atoms with Gasteiger partial charge in [-0.1, -0.05) is 0 Å². The summed E-state index contributed by atoms with van der Waals surface area (Å²) in [6.45, 7) is 0. The molecule has 0 aliphatic heterocycles. The van der Waals surface area contributed by atoms with Gasteiger partial charge in [-0.05, 0) is 12.8 Å². The standard InChI is InChI=1S/C6H11N3O4.2Na/c7-6(8)9-3(5(12)13)1-2-4(10)11;;/h3H,1-2H2,(H,10,11)(H,12,13)(H4,7,8,9);;/q;2*+1/p-2. The van der Waals surface area contributed by atoms with E-state index in [1.165, 1.54) is 0 Å². The summed E-state index contributed by atoms with van der Waals surface area (Å²) in [5.41, 5.74) is 9.82. The van der Waals surface area contributed by atoms with E-state index >= 15 is 0 Å². The zero-order valence-corrected chi connectivity index (χ0v) is 12.7. The molecule has 0 heterocycles. The Balaban J connectivity index is -0.000000720. The summed E-state index contributed by atoms with van der Waals surface area (Å²) in [7, 11) is 0. The van der Waals surface area contributed by atoms with Crippen LogP contribution < -0.4 is 80.8 Å². The Bertz CT molecular complexity index is 243. The third-order valence-electron chi connectivity index (χ3n) is 1.20. The molecule has 0 saturated heterocycles. The summed E-state index contributed by atoms with van der Waals surface area (Å²) in [5.74, 6) is -3.31. The Morgan fingerprint density at radius 2 is 1.67 bits per heavy atom. The van der Waals surface area contributed by atoms with Gasteiger partial charge in [-0.15, -0.1) is 0 Å². The molecule has 0 amide bonds. The number of hydrogen-bond donors (Lipinski definition) is 2. The summed E-state index contributed by atoms with van der Waals surface area (Å²) in [6.07, 6.45) is -0.683. The monoisotopic (exact) mass is 233 g/mol. The van der Waals surface area contributed by atoms with Crippen LogP contribution in [0, 0.1) is 0 Å². The van der Waals surface area contributed by atoms with E-state index in [9.17, 15) is 19.8 Å². The molecular formula is C6H9N3Na2O4. The Hall–Kier alpha value is 0.210. The van der Waals surface area contributed by atoms with Crippen molar-refractivity contribution < 1.29 is 78.9 Å². The summed E-state index contributed by atoms with van der Waals surface area (Å²) in [5, 5.41) is 20.3. The number of carboxylic acid groups (broad SMARTS) is 2. The van der Waals surface area contributed by atoms with Crippen molar-refractivity contribution in [3.8, 4) is 0 Å². The third kappa shape index (κ3) is 12.1. The fourth-order valence-corrected chi connectivity index (χ4v) is 0.670. The van der Waals surface area contributed by atoms with Crippen LogP contribution in [0.25, 0.3) is 0 Å². The number of hydrogen-bond acceptors (Lipinski definition) is 5. The molecule has 0 fully saturated rings. The first-order valence-electron chi connectivity index (χ1n) is 3.43. The maximum absolute atomic E-state index is 10.3. The average molecular weight is 233 g/mol. The molecule has 0 saturated carbocycles. The van der Waals surface area contributed by atoms with Gasteiger partial charge in [-0.25, -0.2) is 4.99 Å². The molecule has 7 nitrogen and oxygen atoms in total. The zero-order valence-electron chi connectivity index (χ0n) is 8.73. The van der Waals surface area contributed by atoms with Gasteiger partial charge < -0.3 is 31.3 Å². The first-order valence-corrected chi connectivity index (χ1v) is 3.43. The average Bonchev–Trinajstić information content (AvgIpc) is 1.96. The predicted octanol–water partition coefficient (Wildman–Crippen LogP) is -10.1. The predicted molar refractivity (Wildman–Crippen MR) is 38.8 cm³/mol. The Kier molecular flexibility index (Phi) is 14.7. The van der Waals surface area contributed by atoms with E-state index in [2.05, 4.69) is 4.99 Å². The van der Waals surface area contributed by atoms with Crippen LogP contribution in [0.3, 0.4) is 0 Å². The van der Waals surface area contributed by atoms with E-state index in [1.807, 2.05) is 0 Å². The summed E-state index contributed by atoms with van der Waals surface area (Å²) in [4.78, 5) is 23.5.